The number of benzene rings is 2. The summed E-state index contributed by atoms with van der Waals surface area (Å²) in [6.07, 6.45) is 0.335. The number of nitrogens with zero attached hydrogens (tertiary/aromatic N) is 2. The summed E-state index contributed by atoms with van der Waals surface area (Å²) in [5.41, 5.74) is 4.59. The Hall–Kier alpha value is -2.69. The molecule has 0 saturated heterocycles. The Labute approximate surface area is 165 Å². The molecule has 1 unspecified atom stereocenters. The normalized spacial score (nSPS) is 12.5. The van der Waals surface area contributed by atoms with Gasteiger partial charge in [-0.1, -0.05) is 32.0 Å². The molecule has 148 valence electrons. The minimum absolute atomic E-state index is 0.0546. The molecule has 0 radical (unpaired) electrons. The van der Waals surface area contributed by atoms with E-state index >= 15 is 0 Å². The lowest BCUT2D eigenvalue weighted by Gasteiger charge is -2.19. The van der Waals surface area contributed by atoms with Gasteiger partial charge in [-0.25, -0.2) is 9.37 Å². The van der Waals surface area contributed by atoms with E-state index in [0.29, 0.717) is 30.3 Å². The number of nitrogens with one attached hydrogen (secondary N) is 1. The van der Waals surface area contributed by atoms with Gasteiger partial charge in [0.05, 0.1) is 11.0 Å². The number of carbonyl (C=O) groups is 1. The van der Waals surface area contributed by atoms with Gasteiger partial charge in [-0.05, 0) is 61.6 Å². The SMILES string of the molecule is Cc1cc2nc(Cc3ccccc3F)n(C(C)C(=O)NCC(C)C)c2cc1C. The van der Waals surface area contributed by atoms with Crippen molar-refractivity contribution in [1.29, 1.82) is 0 Å². The fourth-order valence-corrected chi connectivity index (χ4v) is 3.34. The summed E-state index contributed by atoms with van der Waals surface area (Å²) in [6.45, 7) is 10.7. The maximum atomic E-state index is 14.2. The quantitative estimate of drug-likeness (QED) is 0.672. The summed E-state index contributed by atoms with van der Waals surface area (Å²) in [4.78, 5) is 17.5. The van der Waals surface area contributed by atoms with Gasteiger partial charge in [0.1, 0.15) is 17.7 Å². The number of amides is 1. The van der Waals surface area contributed by atoms with E-state index in [9.17, 15) is 9.18 Å². The molecule has 0 saturated carbocycles. The van der Waals surface area contributed by atoms with Gasteiger partial charge in [-0.15, -0.1) is 0 Å². The molecule has 3 rings (SSSR count). The molecule has 3 aromatic rings. The highest BCUT2D eigenvalue weighted by Crippen LogP contribution is 2.26. The molecule has 0 aliphatic carbocycles. The van der Waals surface area contributed by atoms with E-state index < -0.39 is 6.04 Å². The third-order valence-electron chi connectivity index (χ3n) is 5.14. The first-order valence-electron chi connectivity index (χ1n) is 9.77. The molecule has 2 aromatic carbocycles. The molecule has 1 heterocycles. The van der Waals surface area contributed by atoms with Gasteiger partial charge in [-0.2, -0.15) is 0 Å². The van der Waals surface area contributed by atoms with E-state index in [2.05, 4.69) is 25.2 Å². The van der Waals surface area contributed by atoms with Crippen LogP contribution in [-0.4, -0.2) is 22.0 Å². The molecule has 1 aromatic heterocycles. The summed E-state index contributed by atoms with van der Waals surface area (Å²) in [7, 11) is 0. The predicted molar refractivity (Wildman–Crippen MR) is 111 cm³/mol. The van der Waals surface area contributed by atoms with Crippen LogP contribution in [0.3, 0.4) is 0 Å². The molecule has 1 N–H and O–H groups in total. The molecule has 0 fully saturated rings. The molecule has 0 aliphatic rings. The Morgan fingerprint density at radius 3 is 2.50 bits per heavy atom. The van der Waals surface area contributed by atoms with Crippen LogP contribution in [0, 0.1) is 25.6 Å². The minimum Gasteiger partial charge on any atom is -0.354 e. The summed E-state index contributed by atoms with van der Waals surface area (Å²) in [5.74, 6) is 0.752. The number of rotatable bonds is 6. The Kier molecular flexibility index (Phi) is 5.82. The predicted octanol–water partition coefficient (Wildman–Crippen LogP) is 4.72. The molecule has 1 atom stereocenters. The topological polar surface area (TPSA) is 46.9 Å². The van der Waals surface area contributed by atoms with Crippen molar-refractivity contribution in [2.24, 2.45) is 5.92 Å². The van der Waals surface area contributed by atoms with Crippen LogP contribution < -0.4 is 5.32 Å². The summed E-state index contributed by atoms with van der Waals surface area (Å²) in [6, 6.07) is 10.4. The maximum Gasteiger partial charge on any atom is 0.242 e. The first-order valence-corrected chi connectivity index (χ1v) is 9.77. The first kappa shape index (κ1) is 20.1. The summed E-state index contributed by atoms with van der Waals surface area (Å²) < 4.78 is 16.2. The average molecular weight is 381 g/mol. The molecule has 4 nitrogen and oxygen atoms in total. The minimum atomic E-state index is -0.437. The smallest absolute Gasteiger partial charge is 0.242 e. The van der Waals surface area contributed by atoms with Gasteiger partial charge >= 0.3 is 0 Å². The van der Waals surface area contributed by atoms with Crippen LogP contribution in [0.15, 0.2) is 36.4 Å². The highest BCUT2D eigenvalue weighted by atomic mass is 19.1. The molecule has 0 bridgehead atoms. The summed E-state index contributed by atoms with van der Waals surface area (Å²) >= 11 is 0. The van der Waals surface area contributed by atoms with Gasteiger partial charge in [0.15, 0.2) is 0 Å². The van der Waals surface area contributed by atoms with E-state index in [1.807, 2.05) is 37.5 Å². The Balaban J connectivity index is 2.08. The number of fused-ring (bicyclic) bond motifs is 1. The second-order valence-corrected chi connectivity index (χ2v) is 7.91. The molecular formula is C23H28FN3O. The molecule has 0 aliphatic heterocycles. The molecule has 0 spiro atoms. The van der Waals surface area contributed by atoms with E-state index in [0.717, 1.165) is 22.2 Å². The number of hydrogen-bond donors (Lipinski definition) is 1. The average Bonchev–Trinajstić information content (AvgIpc) is 2.98. The van der Waals surface area contributed by atoms with Crippen LogP contribution in [0.4, 0.5) is 4.39 Å². The highest BCUT2D eigenvalue weighted by molar-refractivity contribution is 5.84. The van der Waals surface area contributed by atoms with Crippen molar-refractivity contribution in [3.8, 4) is 0 Å². The van der Waals surface area contributed by atoms with E-state index in [-0.39, 0.29) is 11.7 Å². The van der Waals surface area contributed by atoms with Gasteiger partial charge in [-0.3, -0.25) is 4.79 Å². The Morgan fingerprint density at radius 1 is 1.14 bits per heavy atom. The van der Waals surface area contributed by atoms with Crippen LogP contribution in [0.25, 0.3) is 11.0 Å². The van der Waals surface area contributed by atoms with Crippen molar-refractivity contribution in [1.82, 2.24) is 14.9 Å². The fourth-order valence-electron chi connectivity index (χ4n) is 3.34. The molecule has 28 heavy (non-hydrogen) atoms. The van der Waals surface area contributed by atoms with Crippen molar-refractivity contribution < 1.29 is 9.18 Å². The molecular weight excluding hydrogens is 353 g/mol. The van der Waals surface area contributed by atoms with Crippen LogP contribution in [0.1, 0.15) is 49.3 Å². The van der Waals surface area contributed by atoms with Gasteiger partial charge < -0.3 is 9.88 Å². The van der Waals surface area contributed by atoms with Crippen molar-refractivity contribution in [3.05, 3.63) is 64.7 Å². The fraction of sp³-hybridized carbons (Fsp3) is 0.391. The van der Waals surface area contributed by atoms with Gasteiger partial charge in [0, 0.05) is 13.0 Å². The van der Waals surface area contributed by atoms with Gasteiger partial charge in [0.25, 0.3) is 0 Å². The van der Waals surface area contributed by atoms with Crippen LogP contribution >= 0.6 is 0 Å². The largest absolute Gasteiger partial charge is 0.354 e. The molecule has 5 heteroatoms. The zero-order valence-electron chi connectivity index (χ0n) is 17.2. The zero-order valence-corrected chi connectivity index (χ0v) is 17.2. The van der Waals surface area contributed by atoms with E-state index in [4.69, 9.17) is 4.98 Å². The Bertz CT molecular complexity index is 1010. The van der Waals surface area contributed by atoms with Crippen molar-refractivity contribution in [2.75, 3.05) is 6.54 Å². The summed E-state index contributed by atoms with van der Waals surface area (Å²) in [5, 5.41) is 3.00. The Morgan fingerprint density at radius 2 is 1.82 bits per heavy atom. The number of halogens is 1. The lowest BCUT2D eigenvalue weighted by atomic mass is 10.1. The number of carbonyl (C=O) groups excluding carboxylic acids is 1. The van der Waals surface area contributed by atoms with Crippen LogP contribution in [-0.2, 0) is 11.2 Å². The second kappa shape index (κ2) is 8.13. The maximum absolute atomic E-state index is 14.2. The monoisotopic (exact) mass is 381 g/mol. The second-order valence-electron chi connectivity index (χ2n) is 7.91. The van der Waals surface area contributed by atoms with Gasteiger partial charge in [0.2, 0.25) is 5.91 Å². The van der Waals surface area contributed by atoms with Crippen molar-refractivity contribution in [2.45, 2.75) is 47.1 Å². The van der Waals surface area contributed by atoms with Crippen molar-refractivity contribution in [3.63, 3.8) is 0 Å². The van der Waals surface area contributed by atoms with Crippen molar-refractivity contribution >= 4 is 16.9 Å². The number of imidazole rings is 1. The third kappa shape index (κ3) is 4.08. The lowest BCUT2D eigenvalue weighted by molar-refractivity contribution is -0.124. The zero-order chi connectivity index (χ0) is 20.4. The van der Waals surface area contributed by atoms with E-state index in [1.54, 1.807) is 12.1 Å². The van der Waals surface area contributed by atoms with Crippen LogP contribution in [0.2, 0.25) is 0 Å². The molecule has 1 amide bonds. The standard InChI is InChI=1S/C23H28FN3O/c1-14(2)13-25-23(28)17(5)27-21-11-16(4)15(3)10-20(21)26-22(27)12-18-8-6-7-9-19(18)24/h6-11,14,17H,12-13H2,1-5H3,(H,25,28). The third-order valence-corrected chi connectivity index (χ3v) is 5.14. The number of aryl methyl sites for hydroxylation is 2. The number of hydrogen-bond acceptors (Lipinski definition) is 2. The lowest BCUT2D eigenvalue weighted by Crippen LogP contribution is -2.34. The first-order chi connectivity index (χ1) is 13.3. The highest BCUT2D eigenvalue weighted by Gasteiger charge is 2.23. The number of aromatic nitrogens is 2. The van der Waals surface area contributed by atoms with E-state index in [1.165, 1.54) is 6.07 Å². The van der Waals surface area contributed by atoms with Crippen LogP contribution in [0.5, 0.6) is 0 Å².